The third-order valence-corrected chi connectivity index (χ3v) is 2.61. The average Bonchev–Trinajstić information content (AvgIpc) is 2.36. The minimum atomic E-state index is -0.458. The van der Waals surface area contributed by atoms with Crippen LogP contribution in [0, 0.1) is 12.7 Å². The van der Waals surface area contributed by atoms with Crippen molar-refractivity contribution in [1.82, 2.24) is 4.98 Å². The van der Waals surface area contributed by atoms with E-state index in [1.807, 2.05) is 0 Å². The van der Waals surface area contributed by atoms with E-state index in [1.54, 1.807) is 26.1 Å². The largest absolute Gasteiger partial charge is 0.481 e. The lowest BCUT2D eigenvalue weighted by molar-refractivity contribution is -0.145. The summed E-state index contributed by atoms with van der Waals surface area (Å²) in [5.74, 6) is -0.403. The molecule has 100 valence electrons. The van der Waals surface area contributed by atoms with Gasteiger partial charge in [0.25, 0.3) is 0 Å². The first-order valence-electron chi connectivity index (χ1n) is 5.95. The molecule has 19 heavy (non-hydrogen) atoms. The highest BCUT2D eigenvalue weighted by atomic mass is 19.1. The number of nitrogens with zero attached hydrogens (tertiary/aromatic N) is 1. The zero-order chi connectivity index (χ0) is 13.8. The smallest absolute Gasteiger partial charge is 0.344 e. The van der Waals surface area contributed by atoms with Gasteiger partial charge in [-0.2, -0.15) is 0 Å². The molecule has 0 aliphatic rings. The Morgan fingerprint density at radius 1 is 1.42 bits per heavy atom. The number of aromatic nitrogens is 1. The number of rotatable bonds is 4. The molecule has 0 fully saturated rings. The maximum absolute atomic E-state index is 13.4. The van der Waals surface area contributed by atoms with E-state index in [0.717, 1.165) is 5.56 Å². The fourth-order valence-electron chi connectivity index (χ4n) is 1.83. The molecule has 2 aromatic rings. The highest BCUT2D eigenvalue weighted by molar-refractivity contribution is 5.87. The number of benzene rings is 1. The van der Waals surface area contributed by atoms with Crippen molar-refractivity contribution >= 4 is 16.9 Å². The van der Waals surface area contributed by atoms with Crippen molar-refractivity contribution < 1.29 is 18.7 Å². The Balaban J connectivity index is 2.30. The van der Waals surface area contributed by atoms with Crippen molar-refractivity contribution in [3.05, 3.63) is 35.8 Å². The number of carbonyl (C=O) groups excluding carboxylic acids is 1. The molecule has 1 heterocycles. The van der Waals surface area contributed by atoms with E-state index in [0.29, 0.717) is 23.3 Å². The molecule has 1 aromatic heterocycles. The predicted octanol–water partition coefficient (Wildman–Crippen LogP) is 2.62. The molecule has 0 amide bonds. The second-order valence-electron chi connectivity index (χ2n) is 4.02. The molecule has 0 aliphatic carbocycles. The van der Waals surface area contributed by atoms with Crippen LogP contribution in [0.15, 0.2) is 24.4 Å². The monoisotopic (exact) mass is 263 g/mol. The van der Waals surface area contributed by atoms with Crippen molar-refractivity contribution in [2.75, 3.05) is 13.2 Å². The third-order valence-electron chi connectivity index (χ3n) is 2.61. The van der Waals surface area contributed by atoms with Crippen LogP contribution in [0.25, 0.3) is 10.9 Å². The summed E-state index contributed by atoms with van der Waals surface area (Å²) in [7, 11) is 0. The number of pyridine rings is 1. The summed E-state index contributed by atoms with van der Waals surface area (Å²) in [6.45, 7) is 3.58. The summed E-state index contributed by atoms with van der Waals surface area (Å²) < 4.78 is 23.6. The number of esters is 1. The third kappa shape index (κ3) is 2.99. The SMILES string of the molecule is CCOC(=O)COc1ccnc2c(C)cc(F)cc12. The fraction of sp³-hybridized carbons (Fsp3) is 0.286. The Morgan fingerprint density at radius 2 is 2.21 bits per heavy atom. The van der Waals surface area contributed by atoms with Gasteiger partial charge in [-0.3, -0.25) is 4.98 Å². The van der Waals surface area contributed by atoms with Crippen molar-refractivity contribution in [3.8, 4) is 5.75 Å². The second kappa shape index (κ2) is 5.65. The summed E-state index contributed by atoms with van der Waals surface area (Å²) >= 11 is 0. The maximum atomic E-state index is 13.4. The minimum absolute atomic E-state index is 0.206. The molecule has 0 radical (unpaired) electrons. The lowest BCUT2D eigenvalue weighted by Gasteiger charge is -2.09. The van der Waals surface area contributed by atoms with Gasteiger partial charge >= 0.3 is 5.97 Å². The number of hydrogen-bond acceptors (Lipinski definition) is 4. The zero-order valence-electron chi connectivity index (χ0n) is 10.8. The van der Waals surface area contributed by atoms with Crippen molar-refractivity contribution in [2.24, 2.45) is 0 Å². The molecule has 5 heteroatoms. The molecule has 0 N–H and O–H groups in total. The standard InChI is InChI=1S/C14H14FNO3/c1-3-18-13(17)8-19-12-4-5-16-14-9(2)6-10(15)7-11(12)14/h4-7H,3,8H2,1-2H3. The number of carbonyl (C=O) groups is 1. The molecule has 0 unspecified atom stereocenters. The van der Waals surface area contributed by atoms with Crippen LogP contribution in [-0.4, -0.2) is 24.2 Å². The van der Waals surface area contributed by atoms with Gasteiger partial charge in [-0.15, -0.1) is 0 Å². The Morgan fingerprint density at radius 3 is 2.95 bits per heavy atom. The average molecular weight is 263 g/mol. The molecule has 0 spiro atoms. The molecule has 2 rings (SSSR count). The number of hydrogen-bond donors (Lipinski definition) is 0. The van der Waals surface area contributed by atoms with Crippen LogP contribution >= 0.6 is 0 Å². The van der Waals surface area contributed by atoms with Gasteiger partial charge in [0.2, 0.25) is 0 Å². The Kier molecular flexibility index (Phi) is 3.94. The molecule has 4 nitrogen and oxygen atoms in total. The lowest BCUT2D eigenvalue weighted by atomic mass is 10.1. The summed E-state index contributed by atoms with van der Waals surface area (Å²) in [5.41, 5.74) is 1.37. The maximum Gasteiger partial charge on any atom is 0.344 e. The van der Waals surface area contributed by atoms with Gasteiger partial charge in [-0.05, 0) is 37.6 Å². The van der Waals surface area contributed by atoms with Gasteiger partial charge in [0.15, 0.2) is 6.61 Å². The van der Waals surface area contributed by atoms with Crippen LogP contribution < -0.4 is 4.74 Å². The Labute approximate surface area is 110 Å². The molecule has 0 saturated carbocycles. The molecule has 1 aromatic carbocycles. The zero-order valence-corrected chi connectivity index (χ0v) is 10.8. The van der Waals surface area contributed by atoms with Crippen LogP contribution in [0.4, 0.5) is 4.39 Å². The van der Waals surface area contributed by atoms with Gasteiger partial charge in [-0.25, -0.2) is 9.18 Å². The topological polar surface area (TPSA) is 48.4 Å². The summed E-state index contributed by atoms with van der Waals surface area (Å²) in [4.78, 5) is 15.4. The van der Waals surface area contributed by atoms with Gasteiger partial charge in [0, 0.05) is 11.6 Å². The number of aryl methyl sites for hydroxylation is 1. The molecular weight excluding hydrogens is 249 g/mol. The normalized spacial score (nSPS) is 10.5. The quantitative estimate of drug-likeness (QED) is 0.796. The van der Waals surface area contributed by atoms with Crippen molar-refractivity contribution in [1.29, 1.82) is 0 Å². The van der Waals surface area contributed by atoms with Gasteiger partial charge in [0.05, 0.1) is 12.1 Å². The van der Waals surface area contributed by atoms with Crippen LogP contribution in [0.5, 0.6) is 5.75 Å². The van der Waals surface area contributed by atoms with Crippen LogP contribution in [0.2, 0.25) is 0 Å². The summed E-state index contributed by atoms with van der Waals surface area (Å²) in [6.07, 6.45) is 1.56. The van der Waals surface area contributed by atoms with E-state index in [1.165, 1.54) is 12.1 Å². The van der Waals surface area contributed by atoms with Crippen molar-refractivity contribution in [2.45, 2.75) is 13.8 Å². The van der Waals surface area contributed by atoms with E-state index in [9.17, 15) is 9.18 Å². The first kappa shape index (κ1) is 13.3. The first-order valence-corrected chi connectivity index (χ1v) is 5.95. The summed E-state index contributed by atoms with van der Waals surface area (Å²) in [5, 5.41) is 0.546. The molecule has 0 aliphatic heterocycles. The molecule has 0 saturated heterocycles. The minimum Gasteiger partial charge on any atom is -0.481 e. The van der Waals surface area contributed by atoms with Gasteiger partial charge < -0.3 is 9.47 Å². The lowest BCUT2D eigenvalue weighted by Crippen LogP contribution is -2.14. The molecular formula is C14H14FNO3. The number of ether oxygens (including phenoxy) is 2. The van der Waals surface area contributed by atoms with E-state index < -0.39 is 5.97 Å². The highest BCUT2D eigenvalue weighted by Crippen LogP contribution is 2.27. The highest BCUT2D eigenvalue weighted by Gasteiger charge is 2.09. The van der Waals surface area contributed by atoms with Gasteiger partial charge in [-0.1, -0.05) is 0 Å². The van der Waals surface area contributed by atoms with Crippen LogP contribution in [-0.2, 0) is 9.53 Å². The van der Waals surface area contributed by atoms with E-state index >= 15 is 0 Å². The predicted molar refractivity (Wildman–Crippen MR) is 68.6 cm³/mol. The van der Waals surface area contributed by atoms with Gasteiger partial charge in [0.1, 0.15) is 11.6 Å². The van der Waals surface area contributed by atoms with E-state index in [2.05, 4.69) is 4.98 Å². The number of fused-ring (bicyclic) bond motifs is 1. The molecule has 0 bridgehead atoms. The van der Waals surface area contributed by atoms with Crippen molar-refractivity contribution in [3.63, 3.8) is 0 Å². The Hall–Kier alpha value is -2.17. The summed E-state index contributed by atoms with van der Waals surface area (Å²) in [6, 6.07) is 4.35. The van der Waals surface area contributed by atoms with E-state index in [4.69, 9.17) is 9.47 Å². The Bertz CT molecular complexity index is 613. The second-order valence-corrected chi connectivity index (χ2v) is 4.02. The fourth-order valence-corrected chi connectivity index (χ4v) is 1.83. The molecule has 0 atom stereocenters. The number of halogens is 1. The van der Waals surface area contributed by atoms with E-state index in [-0.39, 0.29) is 12.4 Å². The van der Waals surface area contributed by atoms with Crippen LogP contribution in [0.3, 0.4) is 0 Å². The first-order chi connectivity index (χ1) is 9.11. The van der Waals surface area contributed by atoms with Crippen LogP contribution in [0.1, 0.15) is 12.5 Å².